The van der Waals surface area contributed by atoms with Gasteiger partial charge in [0.2, 0.25) is 0 Å². The van der Waals surface area contributed by atoms with Gasteiger partial charge in [0.25, 0.3) is 0 Å². The van der Waals surface area contributed by atoms with Crippen LogP contribution in [-0.2, 0) is 6.42 Å². The molecule has 0 aliphatic carbocycles. The van der Waals surface area contributed by atoms with Crippen molar-refractivity contribution in [1.82, 2.24) is 19.9 Å². The predicted molar refractivity (Wildman–Crippen MR) is 93.6 cm³/mol. The van der Waals surface area contributed by atoms with Crippen LogP contribution in [-0.4, -0.2) is 53.1 Å². The lowest BCUT2D eigenvalue weighted by molar-refractivity contribution is 0.257. The van der Waals surface area contributed by atoms with Crippen LogP contribution in [0, 0.1) is 0 Å². The predicted octanol–water partition coefficient (Wildman–Crippen LogP) is 2.63. The fraction of sp³-hybridized carbons (Fsp3) is 0.500. The van der Waals surface area contributed by atoms with Crippen molar-refractivity contribution >= 4 is 5.82 Å². The van der Waals surface area contributed by atoms with Crippen molar-refractivity contribution in [2.24, 2.45) is 0 Å². The first kappa shape index (κ1) is 15.9. The van der Waals surface area contributed by atoms with Crippen molar-refractivity contribution < 1.29 is 0 Å². The van der Waals surface area contributed by atoms with Gasteiger partial charge in [-0.05, 0) is 45.5 Å². The average molecular weight is 311 g/mol. The van der Waals surface area contributed by atoms with E-state index in [4.69, 9.17) is 9.97 Å². The van der Waals surface area contributed by atoms with Crippen LogP contribution in [0.4, 0.5) is 5.82 Å². The molecule has 1 aliphatic rings. The van der Waals surface area contributed by atoms with Crippen LogP contribution in [0.1, 0.15) is 25.5 Å². The lowest BCUT2D eigenvalue weighted by Gasteiger charge is -2.37. The largest absolute Gasteiger partial charge is 0.355 e. The highest BCUT2D eigenvalue weighted by Gasteiger charge is 2.23. The number of pyridine rings is 1. The van der Waals surface area contributed by atoms with Gasteiger partial charge in [-0.15, -0.1) is 0 Å². The van der Waals surface area contributed by atoms with E-state index in [-0.39, 0.29) is 0 Å². The van der Waals surface area contributed by atoms with Crippen molar-refractivity contribution in [2.75, 3.05) is 32.1 Å². The molecule has 3 heterocycles. The molecular formula is C18H25N5. The highest BCUT2D eigenvalue weighted by molar-refractivity contribution is 5.57. The van der Waals surface area contributed by atoms with Crippen LogP contribution < -0.4 is 4.90 Å². The maximum atomic E-state index is 4.84. The average Bonchev–Trinajstić information content (AvgIpc) is 2.62. The van der Waals surface area contributed by atoms with Crippen molar-refractivity contribution in [3.8, 4) is 11.4 Å². The highest BCUT2D eigenvalue weighted by atomic mass is 15.2. The molecule has 122 valence electrons. The molecule has 0 N–H and O–H groups in total. The fourth-order valence-corrected chi connectivity index (χ4v) is 3.04. The molecule has 0 radical (unpaired) electrons. The fourth-order valence-electron chi connectivity index (χ4n) is 3.04. The Hall–Kier alpha value is -2.01. The molecular weight excluding hydrogens is 286 g/mol. The molecule has 1 fully saturated rings. The van der Waals surface area contributed by atoms with Gasteiger partial charge in [-0.1, -0.05) is 6.92 Å². The summed E-state index contributed by atoms with van der Waals surface area (Å²) in [6.45, 7) is 4.24. The Kier molecular flexibility index (Phi) is 4.86. The molecule has 1 atom stereocenters. The first-order chi connectivity index (χ1) is 11.2. The second kappa shape index (κ2) is 7.04. The van der Waals surface area contributed by atoms with Crippen LogP contribution in [0.5, 0.6) is 0 Å². The molecule has 0 saturated carbocycles. The molecule has 5 nitrogen and oxygen atoms in total. The summed E-state index contributed by atoms with van der Waals surface area (Å²) in [5.74, 6) is 1.85. The molecule has 1 saturated heterocycles. The van der Waals surface area contributed by atoms with E-state index in [1.807, 2.05) is 12.1 Å². The summed E-state index contributed by atoms with van der Waals surface area (Å²) < 4.78 is 0. The zero-order valence-electron chi connectivity index (χ0n) is 14.2. The monoisotopic (exact) mass is 311 g/mol. The third-order valence-electron chi connectivity index (χ3n) is 4.52. The Morgan fingerprint density at radius 2 is 2.00 bits per heavy atom. The van der Waals surface area contributed by atoms with Crippen LogP contribution in [0.15, 0.2) is 30.6 Å². The minimum atomic E-state index is 0.591. The standard InChI is InChI=1S/C18H25N5/c1-4-15-12-17(23-11-5-6-16(13-23)22(2)3)21-18(20-15)14-7-9-19-10-8-14/h7-10,12,16H,4-6,11,13H2,1-3H3. The highest BCUT2D eigenvalue weighted by Crippen LogP contribution is 2.24. The normalized spacial score (nSPS) is 18.4. The number of rotatable bonds is 4. The minimum absolute atomic E-state index is 0.591. The summed E-state index contributed by atoms with van der Waals surface area (Å²) in [5.41, 5.74) is 2.12. The Balaban J connectivity index is 1.92. The topological polar surface area (TPSA) is 45.2 Å². The van der Waals surface area contributed by atoms with E-state index in [1.165, 1.54) is 12.8 Å². The van der Waals surface area contributed by atoms with Crippen molar-refractivity contribution in [3.63, 3.8) is 0 Å². The van der Waals surface area contributed by atoms with Crippen molar-refractivity contribution in [1.29, 1.82) is 0 Å². The molecule has 0 aromatic carbocycles. The smallest absolute Gasteiger partial charge is 0.161 e. The van der Waals surface area contributed by atoms with Crippen molar-refractivity contribution in [3.05, 3.63) is 36.3 Å². The lowest BCUT2D eigenvalue weighted by Crippen LogP contribution is -2.45. The second-order valence-corrected chi connectivity index (χ2v) is 6.34. The van der Waals surface area contributed by atoms with E-state index in [0.717, 1.165) is 42.4 Å². The van der Waals surface area contributed by atoms with E-state index < -0.39 is 0 Å². The van der Waals surface area contributed by atoms with Gasteiger partial charge in [0.15, 0.2) is 5.82 Å². The number of hydrogen-bond acceptors (Lipinski definition) is 5. The molecule has 0 spiro atoms. The first-order valence-corrected chi connectivity index (χ1v) is 8.37. The molecule has 0 amide bonds. The van der Waals surface area contributed by atoms with Gasteiger partial charge in [0, 0.05) is 48.8 Å². The van der Waals surface area contributed by atoms with Gasteiger partial charge in [-0.2, -0.15) is 0 Å². The summed E-state index contributed by atoms with van der Waals surface area (Å²) in [7, 11) is 4.32. The van der Waals surface area contributed by atoms with E-state index in [0.29, 0.717) is 6.04 Å². The zero-order chi connectivity index (χ0) is 16.2. The van der Waals surface area contributed by atoms with Crippen LogP contribution in [0.3, 0.4) is 0 Å². The molecule has 23 heavy (non-hydrogen) atoms. The Labute approximate surface area is 138 Å². The molecule has 0 bridgehead atoms. The lowest BCUT2D eigenvalue weighted by atomic mass is 10.0. The summed E-state index contributed by atoms with van der Waals surface area (Å²) in [6, 6.07) is 6.67. The Morgan fingerprint density at radius 3 is 2.70 bits per heavy atom. The molecule has 1 unspecified atom stereocenters. The molecule has 1 aliphatic heterocycles. The summed E-state index contributed by atoms with van der Waals surface area (Å²) in [5, 5.41) is 0. The maximum Gasteiger partial charge on any atom is 0.161 e. The second-order valence-electron chi connectivity index (χ2n) is 6.34. The third kappa shape index (κ3) is 3.67. The molecule has 2 aromatic rings. The van der Waals surface area contributed by atoms with Crippen molar-refractivity contribution in [2.45, 2.75) is 32.2 Å². The van der Waals surface area contributed by atoms with E-state index in [1.54, 1.807) is 12.4 Å². The summed E-state index contributed by atoms with van der Waals surface area (Å²) >= 11 is 0. The van der Waals surface area contributed by atoms with Gasteiger partial charge in [-0.3, -0.25) is 4.98 Å². The molecule has 2 aromatic heterocycles. The van der Waals surface area contributed by atoms with E-state index >= 15 is 0 Å². The first-order valence-electron chi connectivity index (χ1n) is 8.37. The quantitative estimate of drug-likeness (QED) is 0.868. The number of anilines is 1. The Morgan fingerprint density at radius 1 is 1.22 bits per heavy atom. The number of aromatic nitrogens is 3. The van der Waals surface area contributed by atoms with Gasteiger partial charge < -0.3 is 9.80 Å². The number of hydrogen-bond donors (Lipinski definition) is 0. The van der Waals surface area contributed by atoms with E-state index in [2.05, 4.69) is 41.9 Å². The van der Waals surface area contributed by atoms with Crippen LogP contribution >= 0.6 is 0 Å². The van der Waals surface area contributed by atoms with Gasteiger partial charge in [0.1, 0.15) is 5.82 Å². The SMILES string of the molecule is CCc1cc(N2CCCC(N(C)C)C2)nc(-c2ccncc2)n1. The van der Waals surface area contributed by atoms with Gasteiger partial charge in [-0.25, -0.2) is 9.97 Å². The Bertz CT molecular complexity index is 641. The summed E-state index contributed by atoms with van der Waals surface area (Å²) in [6.07, 6.45) is 6.96. The molecule has 5 heteroatoms. The number of nitrogens with zero attached hydrogens (tertiary/aromatic N) is 5. The third-order valence-corrected chi connectivity index (χ3v) is 4.52. The van der Waals surface area contributed by atoms with Gasteiger partial charge >= 0.3 is 0 Å². The van der Waals surface area contributed by atoms with Gasteiger partial charge in [0.05, 0.1) is 0 Å². The number of likely N-dealkylation sites (N-methyl/N-ethyl adjacent to an activating group) is 1. The van der Waals surface area contributed by atoms with Crippen LogP contribution in [0.25, 0.3) is 11.4 Å². The maximum absolute atomic E-state index is 4.84. The number of piperidine rings is 1. The zero-order valence-corrected chi connectivity index (χ0v) is 14.2. The molecule has 3 rings (SSSR count). The summed E-state index contributed by atoms with van der Waals surface area (Å²) in [4.78, 5) is 18.3. The van der Waals surface area contributed by atoms with Crippen LogP contribution in [0.2, 0.25) is 0 Å². The minimum Gasteiger partial charge on any atom is -0.355 e. The van der Waals surface area contributed by atoms with E-state index in [9.17, 15) is 0 Å². The number of aryl methyl sites for hydroxylation is 1.